The molecular weight excluding hydrogens is 460 g/mol. The number of piperidine rings is 1. The summed E-state index contributed by atoms with van der Waals surface area (Å²) in [5, 5.41) is 7.38. The fraction of sp³-hybridized carbons (Fsp3) is 0.407. The molecule has 1 aromatic heterocycles. The zero-order valence-corrected chi connectivity index (χ0v) is 20.9. The number of likely N-dealkylation sites (tertiary alicyclic amines) is 2. The Hall–Kier alpha value is -2.97. The van der Waals surface area contributed by atoms with Gasteiger partial charge in [0.1, 0.15) is 0 Å². The molecule has 7 nitrogen and oxygen atoms in total. The molecule has 2 aromatic carbocycles. The van der Waals surface area contributed by atoms with E-state index in [-0.39, 0.29) is 11.8 Å². The van der Waals surface area contributed by atoms with E-state index < -0.39 is 9.84 Å². The maximum absolute atomic E-state index is 13.4. The van der Waals surface area contributed by atoms with Gasteiger partial charge in [0.15, 0.2) is 9.84 Å². The van der Waals surface area contributed by atoms with E-state index in [1.807, 2.05) is 23.1 Å². The van der Waals surface area contributed by atoms with Crippen LogP contribution in [0.1, 0.15) is 58.3 Å². The smallest absolute Gasteiger partial charge is 0.257 e. The van der Waals surface area contributed by atoms with E-state index in [1.165, 1.54) is 11.8 Å². The van der Waals surface area contributed by atoms with Crippen LogP contribution in [-0.2, 0) is 16.4 Å². The molecule has 3 aromatic rings. The molecule has 0 spiro atoms. The van der Waals surface area contributed by atoms with Crippen LogP contribution >= 0.6 is 0 Å². The Bertz CT molecular complexity index is 1260. The summed E-state index contributed by atoms with van der Waals surface area (Å²) in [6, 6.07) is 17.6. The van der Waals surface area contributed by atoms with Gasteiger partial charge in [0, 0.05) is 37.7 Å². The molecule has 1 amide bonds. The SMILES string of the molecule is CS(=O)(=O)c1ccc(CN2CCC(c3[nH]ncc3C(=O)N3CC[C@H](c4ccccc4)C3)CC2)cc1. The highest BCUT2D eigenvalue weighted by molar-refractivity contribution is 7.90. The molecule has 2 aliphatic rings. The van der Waals surface area contributed by atoms with Gasteiger partial charge in [0.25, 0.3) is 5.91 Å². The van der Waals surface area contributed by atoms with Crippen molar-refractivity contribution in [1.29, 1.82) is 0 Å². The number of sulfone groups is 1. The maximum atomic E-state index is 13.4. The van der Waals surface area contributed by atoms with Gasteiger partial charge >= 0.3 is 0 Å². The Balaban J connectivity index is 1.18. The molecule has 8 heteroatoms. The van der Waals surface area contributed by atoms with Gasteiger partial charge in [0.05, 0.1) is 22.3 Å². The second-order valence-electron chi connectivity index (χ2n) is 9.81. The molecule has 184 valence electrons. The third kappa shape index (κ3) is 5.33. The third-order valence-electron chi connectivity index (χ3n) is 7.40. The maximum Gasteiger partial charge on any atom is 0.257 e. The minimum atomic E-state index is -3.17. The van der Waals surface area contributed by atoms with E-state index in [0.29, 0.717) is 16.4 Å². The molecule has 0 saturated carbocycles. The molecule has 0 unspecified atom stereocenters. The number of H-pyrrole nitrogens is 1. The summed E-state index contributed by atoms with van der Waals surface area (Å²) < 4.78 is 23.4. The van der Waals surface area contributed by atoms with Gasteiger partial charge in [-0.25, -0.2) is 8.42 Å². The molecule has 1 atom stereocenters. The molecule has 2 aliphatic heterocycles. The fourth-order valence-electron chi connectivity index (χ4n) is 5.37. The number of hydrogen-bond acceptors (Lipinski definition) is 5. The highest BCUT2D eigenvalue weighted by Gasteiger charge is 2.32. The molecule has 2 saturated heterocycles. The molecule has 1 N–H and O–H groups in total. The zero-order valence-electron chi connectivity index (χ0n) is 20.1. The van der Waals surface area contributed by atoms with Gasteiger partial charge < -0.3 is 4.90 Å². The molecule has 0 aliphatic carbocycles. The summed E-state index contributed by atoms with van der Waals surface area (Å²) in [7, 11) is -3.17. The van der Waals surface area contributed by atoms with E-state index in [0.717, 1.165) is 63.2 Å². The van der Waals surface area contributed by atoms with Gasteiger partial charge in [0.2, 0.25) is 0 Å². The van der Waals surface area contributed by atoms with Crippen LogP contribution in [0.4, 0.5) is 0 Å². The summed E-state index contributed by atoms with van der Waals surface area (Å²) in [5.74, 6) is 0.763. The van der Waals surface area contributed by atoms with Crippen molar-refractivity contribution in [2.45, 2.75) is 42.5 Å². The summed E-state index contributed by atoms with van der Waals surface area (Å²) in [6.07, 6.45) is 5.83. The van der Waals surface area contributed by atoms with E-state index >= 15 is 0 Å². The number of hydrogen-bond donors (Lipinski definition) is 1. The largest absolute Gasteiger partial charge is 0.338 e. The highest BCUT2D eigenvalue weighted by atomic mass is 32.2. The first-order valence-corrected chi connectivity index (χ1v) is 14.2. The van der Waals surface area contributed by atoms with Crippen LogP contribution in [-0.4, -0.2) is 66.8 Å². The molecule has 3 heterocycles. The van der Waals surface area contributed by atoms with Crippen molar-refractivity contribution in [2.24, 2.45) is 0 Å². The number of nitrogens with one attached hydrogen (secondary N) is 1. The van der Waals surface area contributed by atoms with Gasteiger partial charge in [-0.15, -0.1) is 0 Å². The van der Waals surface area contributed by atoms with Crippen molar-refractivity contribution in [3.8, 4) is 0 Å². The highest BCUT2D eigenvalue weighted by Crippen LogP contribution is 2.32. The summed E-state index contributed by atoms with van der Waals surface area (Å²) in [6.45, 7) is 4.17. The molecule has 5 rings (SSSR count). The van der Waals surface area contributed by atoms with Crippen LogP contribution in [0.25, 0.3) is 0 Å². The summed E-state index contributed by atoms with van der Waals surface area (Å²) in [5.41, 5.74) is 4.09. The van der Waals surface area contributed by atoms with Crippen molar-refractivity contribution in [1.82, 2.24) is 20.0 Å². The van der Waals surface area contributed by atoms with E-state index in [4.69, 9.17) is 0 Å². The molecular formula is C27H32N4O3S. The minimum absolute atomic E-state index is 0.0839. The second-order valence-corrected chi connectivity index (χ2v) is 11.8. The number of nitrogens with zero attached hydrogens (tertiary/aromatic N) is 3. The number of carbonyl (C=O) groups is 1. The van der Waals surface area contributed by atoms with E-state index in [1.54, 1.807) is 18.3 Å². The number of carbonyl (C=O) groups excluding carboxylic acids is 1. The fourth-order valence-corrected chi connectivity index (χ4v) is 6.00. The summed E-state index contributed by atoms with van der Waals surface area (Å²) in [4.78, 5) is 18.1. The van der Waals surface area contributed by atoms with E-state index in [9.17, 15) is 13.2 Å². The van der Waals surface area contributed by atoms with Gasteiger partial charge in [-0.3, -0.25) is 14.8 Å². The minimum Gasteiger partial charge on any atom is -0.338 e. The Kier molecular flexibility index (Phi) is 6.75. The van der Waals surface area contributed by atoms with Crippen molar-refractivity contribution in [2.75, 3.05) is 32.4 Å². The zero-order chi connectivity index (χ0) is 24.4. The van der Waals surface area contributed by atoms with Crippen LogP contribution < -0.4 is 0 Å². The van der Waals surface area contributed by atoms with Gasteiger partial charge in [-0.1, -0.05) is 42.5 Å². The number of aromatic amines is 1. The molecule has 2 fully saturated rings. The van der Waals surface area contributed by atoms with Crippen LogP contribution in [0.3, 0.4) is 0 Å². The quantitative estimate of drug-likeness (QED) is 0.565. The molecule has 0 bridgehead atoms. The van der Waals surface area contributed by atoms with Gasteiger partial charge in [-0.05, 0) is 55.6 Å². The predicted octanol–water partition coefficient (Wildman–Crippen LogP) is 3.82. The monoisotopic (exact) mass is 492 g/mol. The predicted molar refractivity (Wildman–Crippen MR) is 135 cm³/mol. The number of benzene rings is 2. The Morgan fingerprint density at radius 3 is 2.34 bits per heavy atom. The van der Waals surface area contributed by atoms with Crippen LogP contribution in [0.15, 0.2) is 65.7 Å². The Morgan fingerprint density at radius 1 is 0.971 bits per heavy atom. The lowest BCUT2D eigenvalue weighted by molar-refractivity contribution is 0.0788. The normalized spacial score (nSPS) is 19.8. The Labute approximate surface area is 207 Å². The summed E-state index contributed by atoms with van der Waals surface area (Å²) >= 11 is 0. The molecule has 0 radical (unpaired) electrons. The van der Waals surface area contributed by atoms with Crippen molar-refractivity contribution >= 4 is 15.7 Å². The van der Waals surface area contributed by atoms with E-state index in [2.05, 4.69) is 39.4 Å². The first-order chi connectivity index (χ1) is 16.9. The third-order valence-corrected chi connectivity index (χ3v) is 8.53. The van der Waals surface area contributed by atoms with Crippen molar-refractivity contribution < 1.29 is 13.2 Å². The van der Waals surface area contributed by atoms with Crippen LogP contribution in [0, 0.1) is 0 Å². The van der Waals surface area contributed by atoms with Crippen LogP contribution in [0.5, 0.6) is 0 Å². The number of rotatable bonds is 6. The van der Waals surface area contributed by atoms with Crippen molar-refractivity contribution in [3.63, 3.8) is 0 Å². The average molecular weight is 493 g/mol. The standard InChI is InChI=1S/C27H32N4O3S/c1-35(33,34)24-9-7-20(8-10-24)18-30-14-11-22(12-15-30)26-25(17-28-29-26)27(32)31-16-13-23(19-31)21-5-3-2-4-6-21/h2-10,17,22-23H,11-16,18-19H2,1H3,(H,28,29)/t23-/m0/s1. The second kappa shape index (κ2) is 9.95. The first-order valence-electron chi connectivity index (χ1n) is 12.3. The first kappa shape index (κ1) is 23.8. The van der Waals surface area contributed by atoms with Gasteiger partial charge in [-0.2, -0.15) is 5.10 Å². The lowest BCUT2D eigenvalue weighted by Gasteiger charge is -2.32. The lowest BCUT2D eigenvalue weighted by atomic mass is 9.91. The average Bonchev–Trinajstić information content (AvgIpc) is 3.55. The number of amides is 1. The Morgan fingerprint density at radius 2 is 1.66 bits per heavy atom. The van der Waals surface area contributed by atoms with Crippen LogP contribution in [0.2, 0.25) is 0 Å². The number of aromatic nitrogens is 2. The lowest BCUT2D eigenvalue weighted by Crippen LogP contribution is -2.34. The molecule has 35 heavy (non-hydrogen) atoms. The topological polar surface area (TPSA) is 86.4 Å². The van der Waals surface area contributed by atoms with Crippen molar-refractivity contribution in [3.05, 3.63) is 83.2 Å².